The molecule has 200 valence electrons. The molecule has 0 aromatic carbocycles. The zero-order valence-corrected chi connectivity index (χ0v) is 21.4. The summed E-state index contributed by atoms with van der Waals surface area (Å²) in [6.45, 7) is 3.31. The second-order valence-corrected chi connectivity index (χ2v) is 12.1. The first-order valence-electron chi connectivity index (χ1n) is 13.4. The van der Waals surface area contributed by atoms with Crippen molar-refractivity contribution in [2.45, 2.75) is 70.5 Å². The van der Waals surface area contributed by atoms with Gasteiger partial charge in [-0.15, -0.1) is 0 Å². The summed E-state index contributed by atoms with van der Waals surface area (Å²) in [7, 11) is 0. The van der Waals surface area contributed by atoms with Crippen LogP contribution >= 0.6 is 0 Å². The number of ketones is 2. The van der Waals surface area contributed by atoms with E-state index < -0.39 is 58.7 Å². The topological polar surface area (TPSA) is 138 Å². The quantitative estimate of drug-likeness (QED) is 0.378. The number of carboxylic acids is 1. The van der Waals surface area contributed by atoms with E-state index in [1.165, 1.54) is 6.08 Å². The van der Waals surface area contributed by atoms with Crippen LogP contribution in [0.25, 0.3) is 0 Å². The largest absolute Gasteiger partial charge is 0.481 e. The number of aliphatic hydroxyl groups excluding tert-OH is 1. The van der Waals surface area contributed by atoms with E-state index in [1.807, 2.05) is 13.0 Å². The molecule has 0 heterocycles. The lowest BCUT2D eigenvalue weighted by Gasteiger charge is -2.59. The molecule has 3 saturated carbocycles. The fourth-order valence-corrected chi connectivity index (χ4v) is 8.50. The predicted molar refractivity (Wildman–Crippen MR) is 132 cm³/mol. The number of rotatable bonds is 5. The van der Waals surface area contributed by atoms with Crippen LogP contribution in [-0.2, 0) is 23.9 Å². The predicted octanol–water partition coefficient (Wildman–Crippen LogP) is 2.78. The van der Waals surface area contributed by atoms with E-state index in [0.717, 1.165) is 18.4 Å². The van der Waals surface area contributed by atoms with Gasteiger partial charge in [0.25, 0.3) is 0 Å². The van der Waals surface area contributed by atoms with Crippen LogP contribution in [0.15, 0.2) is 36.0 Å². The third kappa shape index (κ3) is 3.86. The maximum atomic E-state index is 13.4. The number of carbonyl (C=O) groups excluding carboxylic acids is 3. The maximum absolute atomic E-state index is 13.4. The van der Waals surface area contributed by atoms with Gasteiger partial charge in [-0.25, -0.2) is 0 Å². The maximum Gasteiger partial charge on any atom is 0.311 e. The molecule has 0 aliphatic heterocycles. The Hall–Kier alpha value is -2.58. The van der Waals surface area contributed by atoms with Crippen molar-refractivity contribution in [3.63, 3.8) is 0 Å². The number of carboxylic acid groups (broad SMARTS) is 1. The summed E-state index contributed by atoms with van der Waals surface area (Å²) < 4.78 is 5.30. The van der Waals surface area contributed by atoms with Crippen LogP contribution in [0, 0.1) is 40.4 Å². The molecular formula is C29H36O8. The normalized spacial score (nSPS) is 44.3. The molecule has 37 heavy (non-hydrogen) atoms. The van der Waals surface area contributed by atoms with E-state index >= 15 is 0 Å². The minimum Gasteiger partial charge on any atom is -0.481 e. The molecule has 2 unspecified atom stereocenters. The Morgan fingerprint density at radius 1 is 1.16 bits per heavy atom. The minimum atomic E-state index is -1.75. The summed E-state index contributed by atoms with van der Waals surface area (Å²) in [5.74, 6) is -4.39. The fourth-order valence-electron chi connectivity index (χ4n) is 8.50. The number of hydrogen-bond acceptors (Lipinski definition) is 7. The molecule has 8 heteroatoms. The van der Waals surface area contributed by atoms with Crippen LogP contribution < -0.4 is 0 Å². The molecule has 0 aromatic heterocycles. The highest BCUT2D eigenvalue weighted by molar-refractivity contribution is 6.01. The number of ether oxygens (including phenoxy) is 1. The van der Waals surface area contributed by atoms with Crippen molar-refractivity contribution in [2.75, 3.05) is 6.61 Å². The molecule has 3 fully saturated rings. The Morgan fingerprint density at radius 3 is 2.65 bits per heavy atom. The van der Waals surface area contributed by atoms with Gasteiger partial charge in [-0.2, -0.15) is 0 Å². The number of esters is 1. The second-order valence-electron chi connectivity index (χ2n) is 12.1. The summed E-state index contributed by atoms with van der Waals surface area (Å²) in [5.41, 5.74) is -2.04. The van der Waals surface area contributed by atoms with Gasteiger partial charge >= 0.3 is 11.9 Å². The van der Waals surface area contributed by atoms with Gasteiger partial charge in [0.1, 0.15) is 5.60 Å². The first-order chi connectivity index (χ1) is 17.4. The molecule has 0 amide bonds. The fraction of sp³-hybridized carbons (Fsp3) is 0.655. The van der Waals surface area contributed by atoms with Crippen molar-refractivity contribution in [3.8, 4) is 0 Å². The van der Waals surface area contributed by atoms with E-state index in [9.17, 15) is 34.5 Å². The average molecular weight is 513 g/mol. The molecule has 0 saturated heterocycles. The van der Waals surface area contributed by atoms with Gasteiger partial charge in [0, 0.05) is 16.7 Å². The molecule has 0 aromatic rings. The summed E-state index contributed by atoms with van der Waals surface area (Å²) in [6, 6.07) is 0. The monoisotopic (exact) mass is 512 g/mol. The highest BCUT2D eigenvalue weighted by Gasteiger charge is 2.68. The standard InChI is InChI=1S/C29H36O8/c1-27-11-9-17(30)13-16(27)7-8-20-21-10-12-29(36,28(21,2)14-22(31)24(20)27)23(32)15-37-26(35)19-6-4-3-5-18(19)25(33)34/h3,5,9,11,13,18-22,24,31,36H,4,6-8,10,12,14-15H2,1-2H3,(H,33,34)/t18?,19?,20-,21-,22-,24+,27-,28-,29-/m0/s1. The lowest BCUT2D eigenvalue weighted by atomic mass is 9.46. The van der Waals surface area contributed by atoms with Crippen LogP contribution in [0.2, 0.25) is 0 Å². The number of allylic oxidation sites excluding steroid dienone is 5. The highest BCUT2D eigenvalue weighted by Crippen LogP contribution is 2.67. The average Bonchev–Trinajstić information content (AvgIpc) is 3.13. The van der Waals surface area contributed by atoms with Crippen molar-refractivity contribution in [2.24, 2.45) is 40.4 Å². The first-order valence-corrected chi connectivity index (χ1v) is 13.4. The molecule has 0 spiro atoms. The third-order valence-corrected chi connectivity index (χ3v) is 10.5. The van der Waals surface area contributed by atoms with Gasteiger partial charge in [-0.1, -0.05) is 37.6 Å². The van der Waals surface area contributed by atoms with E-state index in [4.69, 9.17) is 4.74 Å². The van der Waals surface area contributed by atoms with Crippen molar-refractivity contribution in [3.05, 3.63) is 36.0 Å². The van der Waals surface area contributed by atoms with Crippen molar-refractivity contribution >= 4 is 23.5 Å². The Balaban J connectivity index is 1.33. The Bertz CT molecular complexity index is 1120. The van der Waals surface area contributed by atoms with Crippen molar-refractivity contribution < 1.29 is 39.2 Å². The Labute approximate surface area is 216 Å². The van der Waals surface area contributed by atoms with Crippen LogP contribution in [0.3, 0.4) is 0 Å². The van der Waals surface area contributed by atoms with E-state index in [0.29, 0.717) is 19.3 Å². The van der Waals surface area contributed by atoms with Gasteiger partial charge in [-0.05, 0) is 68.9 Å². The van der Waals surface area contributed by atoms with Gasteiger partial charge in [0.2, 0.25) is 5.78 Å². The zero-order chi connectivity index (χ0) is 26.8. The minimum absolute atomic E-state index is 0.00479. The summed E-state index contributed by atoms with van der Waals surface area (Å²) >= 11 is 0. The first kappa shape index (κ1) is 26.0. The smallest absolute Gasteiger partial charge is 0.311 e. The summed E-state index contributed by atoms with van der Waals surface area (Å²) in [6.07, 6.45) is 11.1. The van der Waals surface area contributed by atoms with E-state index in [-0.39, 0.29) is 36.4 Å². The number of Topliss-reactive ketones (excluding diaryl/α,β-unsaturated/α-hetero) is 1. The Kier molecular flexibility index (Phi) is 6.35. The van der Waals surface area contributed by atoms with E-state index in [2.05, 4.69) is 6.92 Å². The van der Waals surface area contributed by atoms with Crippen LogP contribution in [0.4, 0.5) is 0 Å². The summed E-state index contributed by atoms with van der Waals surface area (Å²) in [4.78, 5) is 49.6. The number of aliphatic carboxylic acids is 1. The molecule has 5 aliphatic rings. The molecule has 0 radical (unpaired) electrons. The molecule has 9 atom stereocenters. The van der Waals surface area contributed by atoms with Crippen LogP contribution in [0.1, 0.15) is 58.8 Å². The molecule has 0 bridgehead atoms. The Morgan fingerprint density at radius 2 is 1.92 bits per heavy atom. The zero-order valence-electron chi connectivity index (χ0n) is 21.4. The van der Waals surface area contributed by atoms with Crippen LogP contribution in [0.5, 0.6) is 0 Å². The molecular weight excluding hydrogens is 476 g/mol. The van der Waals surface area contributed by atoms with Gasteiger partial charge < -0.3 is 20.1 Å². The lowest BCUT2D eigenvalue weighted by molar-refractivity contribution is -0.182. The van der Waals surface area contributed by atoms with Gasteiger partial charge in [-0.3, -0.25) is 19.2 Å². The number of fused-ring (bicyclic) bond motifs is 5. The SMILES string of the molecule is C[C@]12C=CC(=O)C=C1CC[C@@H]1[C@@H]2[C@@H](O)C[C@@]2(C)[C@H]1CC[C@]2(O)C(=O)COC(=O)C1CCC=CC1C(=O)O. The van der Waals surface area contributed by atoms with Crippen molar-refractivity contribution in [1.82, 2.24) is 0 Å². The molecule has 8 nitrogen and oxygen atoms in total. The second kappa shape index (κ2) is 9.02. The lowest BCUT2D eigenvalue weighted by Crippen LogP contribution is -2.61. The van der Waals surface area contributed by atoms with Gasteiger partial charge in [0.05, 0.1) is 17.9 Å². The number of hydrogen-bond donors (Lipinski definition) is 3. The summed E-state index contributed by atoms with van der Waals surface area (Å²) in [5, 5.41) is 32.7. The van der Waals surface area contributed by atoms with Gasteiger partial charge in [0.15, 0.2) is 12.4 Å². The van der Waals surface area contributed by atoms with Crippen molar-refractivity contribution in [1.29, 1.82) is 0 Å². The number of aliphatic hydroxyl groups is 2. The molecule has 5 rings (SSSR count). The number of carbonyl (C=O) groups is 4. The third-order valence-electron chi connectivity index (χ3n) is 10.5. The van der Waals surface area contributed by atoms with E-state index in [1.54, 1.807) is 18.2 Å². The highest BCUT2D eigenvalue weighted by atomic mass is 16.5. The molecule has 3 N–H and O–H groups in total. The van der Waals surface area contributed by atoms with Crippen LogP contribution in [-0.4, -0.2) is 57.1 Å². The molecule has 5 aliphatic carbocycles.